The molecule has 1 rings (SSSR count). The average molecular weight is 159 g/mol. The SMILES string of the molecule is CN[C@@H]1CC(CO)[C@H](C)[C@H]1O. The lowest BCUT2D eigenvalue weighted by Crippen LogP contribution is -2.34. The largest absolute Gasteiger partial charge is 0.396 e. The van der Waals surface area contributed by atoms with Crippen LogP contribution in [0.15, 0.2) is 0 Å². The van der Waals surface area contributed by atoms with Crippen LogP contribution in [0, 0.1) is 11.8 Å². The number of rotatable bonds is 2. The normalized spacial score (nSPS) is 44.7. The Balaban J connectivity index is 2.53. The van der Waals surface area contributed by atoms with Crippen molar-refractivity contribution in [2.45, 2.75) is 25.5 Å². The quantitative estimate of drug-likeness (QED) is 0.513. The Labute approximate surface area is 67.4 Å². The van der Waals surface area contributed by atoms with Crippen molar-refractivity contribution in [3.63, 3.8) is 0 Å². The van der Waals surface area contributed by atoms with Crippen LogP contribution < -0.4 is 5.32 Å². The number of aliphatic hydroxyl groups excluding tert-OH is 2. The Hall–Kier alpha value is -0.120. The van der Waals surface area contributed by atoms with Crippen molar-refractivity contribution in [2.24, 2.45) is 11.8 Å². The van der Waals surface area contributed by atoms with Gasteiger partial charge in [0.2, 0.25) is 0 Å². The first-order valence-corrected chi connectivity index (χ1v) is 4.17. The summed E-state index contributed by atoms with van der Waals surface area (Å²) in [7, 11) is 1.85. The molecule has 1 unspecified atom stereocenters. The topological polar surface area (TPSA) is 52.5 Å². The summed E-state index contributed by atoms with van der Waals surface area (Å²) in [4.78, 5) is 0. The summed E-state index contributed by atoms with van der Waals surface area (Å²) < 4.78 is 0. The lowest BCUT2D eigenvalue weighted by atomic mass is 9.98. The first-order chi connectivity index (χ1) is 5.20. The molecule has 0 heterocycles. The lowest BCUT2D eigenvalue weighted by molar-refractivity contribution is 0.0947. The minimum Gasteiger partial charge on any atom is -0.396 e. The molecule has 0 aromatic heterocycles. The molecule has 0 aliphatic heterocycles. The van der Waals surface area contributed by atoms with Gasteiger partial charge in [0.25, 0.3) is 0 Å². The van der Waals surface area contributed by atoms with Crippen molar-refractivity contribution in [3.05, 3.63) is 0 Å². The summed E-state index contributed by atoms with van der Waals surface area (Å²) in [5.74, 6) is 0.486. The minimum atomic E-state index is -0.294. The van der Waals surface area contributed by atoms with Crippen LogP contribution >= 0.6 is 0 Å². The molecule has 0 amide bonds. The molecule has 0 saturated heterocycles. The number of hydrogen-bond donors (Lipinski definition) is 3. The second-order valence-corrected chi connectivity index (χ2v) is 3.42. The van der Waals surface area contributed by atoms with Crippen LogP contribution in [-0.2, 0) is 0 Å². The average Bonchev–Trinajstić information content (AvgIpc) is 2.30. The maximum Gasteiger partial charge on any atom is 0.0722 e. The molecule has 66 valence electrons. The highest BCUT2D eigenvalue weighted by Gasteiger charge is 2.38. The smallest absolute Gasteiger partial charge is 0.0722 e. The van der Waals surface area contributed by atoms with Crippen LogP contribution in [0.2, 0.25) is 0 Å². The fourth-order valence-corrected chi connectivity index (χ4v) is 1.85. The summed E-state index contributed by atoms with van der Waals surface area (Å²) >= 11 is 0. The van der Waals surface area contributed by atoms with Gasteiger partial charge in [-0.25, -0.2) is 0 Å². The Bertz CT molecular complexity index is 111. The Morgan fingerprint density at radius 2 is 2.18 bits per heavy atom. The Morgan fingerprint density at radius 1 is 1.55 bits per heavy atom. The third-order valence-corrected chi connectivity index (χ3v) is 2.86. The van der Waals surface area contributed by atoms with Crippen LogP contribution in [0.1, 0.15) is 13.3 Å². The maximum absolute atomic E-state index is 9.59. The van der Waals surface area contributed by atoms with Crippen LogP contribution in [-0.4, -0.2) is 36.0 Å². The van der Waals surface area contributed by atoms with E-state index in [1.165, 1.54) is 0 Å². The number of hydrogen-bond acceptors (Lipinski definition) is 3. The second kappa shape index (κ2) is 3.52. The van der Waals surface area contributed by atoms with Crippen molar-refractivity contribution >= 4 is 0 Å². The van der Waals surface area contributed by atoms with Crippen LogP contribution in [0.25, 0.3) is 0 Å². The van der Waals surface area contributed by atoms with Crippen LogP contribution in [0.4, 0.5) is 0 Å². The first kappa shape index (κ1) is 8.97. The van der Waals surface area contributed by atoms with Gasteiger partial charge < -0.3 is 15.5 Å². The highest BCUT2D eigenvalue weighted by atomic mass is 16.3. The van der Waals surface area contributed by atoms with E-state index in [1.807, 2.05) is 14.0 Å². The molecule has 0 aromatic carbocycles. The molecule has 0 bridgehead atoms. The van der Waals surface area contributed by atoms with Crippen LogP contribution in [0.3, 0.4) is 0 Å². The van der Waals surface area contributed by atoms with E-state index in [9.17, 15) is 5.11 Å². The number of likely N-dealkylation sites (N-methyl/N-ethyl adjacent to an activating group) is 1. The molecule has 1 aliphatic rings. The fraction of sp³-hybridized carbons (Fsp3) is 1.00. The molecule has 0 aromatic rings. The van der Waals surface area contributed by atoms with Gasteiger partial charge >= 0.3 is 0 Å². The van der Waals surface area contributed by atoms with Gasteiger partial charge in [0, 0.05) is 12.6 Å². The van der Waals surface area contributed by atoms with Crippen molar-refractivity contribution in [1.29, 1.82) is 0 Å². The van der Waals surface area contributed by atoms with Crippen molar-refractivity contribution in [2.75, 3.05) is 13.7 Å². The van der Waals surface area contributed by atoms with Gasteiger partial charge in [-0.15, -0.1) is 0 Å². The van der Waals surface area contributed by atoms with Gasteiger partial charge in [0.05, 0.1) is 6.10 Å². The molecule has 1 saturated carbocycles. The second-order valence-electron chi connectivity index (χ2n) is 3.42. The molecule has 4 atom stereocenters. The standard InChI is InChI=1S/C8H17NO2/c1-5-6(4-10)3-7(9-2)8(5)11/h5-11H,3-4H2,1-2H3/t5-,6?,7+,8+/m0/s1. The zero-order chi connectivity index (χ0) is 8.43. The number of nitrogens with one attached hydrogen (secondary N) is 1. The summed E-state index contributed by atoms with van der Waals surface area (Å²) in [6, 6.07) is 0.169. The maximum atomic E-state index is 9.59. The van der Waals surface area contributed by atoms with E-state index >= 15 is 0 Å². The Morgan fingerprint density at radius 3 is 2.45 bits per heavy atom. The van der Waals surface area contributed by atoms with Crippen molar-refractivity contribution in [1.82, 2.24) is 5.32 Å². The predicted molar refractivity (Wildman–Crippen MR) is 43.2 cm³/mol. The monoisotopic (exact) mass is 159 g/mol. The summed E-state index contributed by atoms with van der Waals surface area (Å²) in [6.07, 6.45) is 0.590. The highest BCUT2D eigenvalue weighted by molar-refractivity contribution is 4.91. The zero-order valence-corrected chi connectivity index (χ0v) is 7.12. The van der Waals surface area contributed by atoms with Gasteiger partial charge in [-0.1, -0.05) is 6.92 Å². The fourth-order valence-electron chi connectivity index (χ4n) is 1.85. The van der Waals surface area contributed by atoms with Gasteiger partial charge in [-0.2, -0.15) is 0 Å². The lowest BCUT2D eigenvalue weighted by Gasteiger charge is -2.16. The van der Waals surface area contributed by atoms with Crippen molar-refractivity contribution < 1.29 is 10.2 Å². The van der Waals surface area contributed by atoms with E-state index in [-0.39, 0.29) is 30.6 Å². The van der Waals surface area contributed by atoms with Gasteiger partial charge in [-0.3, -0.25) is 0 Å². The third-order valence-electron chi connectivity index (χ3n) is 2.86. The molecule has 3 nitrogen and oxygen atoms in total. The van der Waals surface area contributed by atoms with E-state index in [2.05, 4.69) is 5.32 Å². The molecule has 0 spiro atoms. The summed E-state index contributed by atoms with van der Waals surface area (Å²) in [6.45, 7) is 2.18. The van der Waals surface area contributed by atoms with Gasteiger partial charge in [-0.05, 0) is 25.3 Å². The van der Waals surface area contributed by atoms with E-state index in [0.29, 0.717) is 0 Å². The molecule has 1 fully saturated rings. The van der Waals surface area contributed by atoms with Gasteiger partial charge in [0.15, 0.2) is 0 Å². The highest BCUT2D eigenvalue weighted by Crippen LogP contribution is 2.31. The molecule has 3 heteroatoms. The van der Waals surface area contributed by atoms with E-state index in [1.54, 1.807) is 0 Å². The van der Waals surface area contributed by atoms with Gasteiger partial charge in [0.1, 0.15) is 0 Å². The number of aliphatic hydroxyl groups is 2. The predicted octanol–water partition coefficient (Wildman–Crippen LogP) is -0.416. The van der Waals surface area contributed by atoms with E-state index < -0.39 is 0 Å². The Kier molecular flexibility index (Phi) is 2.87. The molecule has 11 heavy (non-hydrogen) atoms. The first-order valence-electron chi connectivity index (χ1n) is 4.17. The van der Waals surface area contributed by atoms with E-state index in [0.717, 1.165) is 6.42 Å². The van der Waals surface area contributed by atoms with Crippen LogP contribution in [0.5, 0.6) is 0 Å². The summed E-state index contributed by atoms with van der Waals surface area (Å²) in [5.41, 5.74) is 0. The molecular weight excluding hydrogens is 142 g/mol. The molecule has 3 N–H and O–H groups in total. The third kappa shape index (κ3) is 1.55. The molecule has 1 aliphatic carbocycles. The molecular formula is C8H17NO2. The van der Waals surface area contributed by atoms with E-state index in [4.69, 9.17) is 5.11 Å². The minimum absolute atomic E-state index is 0.169. The van der Waals surface area contributed by atoms with Crippen molar-refractivity contribution in [3.8, 4) is 0 Å². The summed E-state index contributed by atoms with van der Waals surface area (Å²) in [5, 5.41) is 21.6. The zero-order valence-electron chi connectivity index (χ0n) is 7.12. The molecule has 0 radical (unpaired) electrons.